The van der Waals surface area contributed by atoms with E-state index >= 15 is 0 Å². The average molecular weight is 319 g/mol. The van der Waals surface area contributed by atoms with Crippen LogP contribution in [0.15, 0.2) is 39.7 Å². The molecule has 0 atom stereocenters. The molecule has 0 saturated carbocycles. The molecule has 3 aromatic rings. The molecule has 6 heteroatoms. The van der Waals surface area contributed by atoms with E-state index in [4.69, 9.17) is 5.73 Å². The lowest BCUT2D eigenvalue weighted by molar-refractivity contribution is 0.989. The van der Waals surface area contributed by atoms with Gasteiger partial charge in [0.2, 0.25) is 0 Å². The highest BCUT2D eigenvalue weighted by atomic mass is 79.9. The lowest BCUT2D eigenvalue weighted by Crippen LogP contribution is -2.19. The Morgan fingerprint density at radius 3 is 2.84 bits per heavy atom. The third-order valence-electron chi connectivity index (χ3n) is 3.08. The number of nitrogen functional groups attached to an aromatic ring is 1. The molecular weight excluding hydrogens is 308 g/mol. The van der Waals surface area contributed by atoms with Crippen molar-refractivity contribution in [3.8, 4) is 5.69 Å². The minimum Gasteiger partial charge on any atom is -0.382 e. The second-order valence-corrected chi connectivity index (χ2v) is 5.15. The number of halogens is 1. The van der Waals surface area contributed by atoms with Gasteiger partial charge in [-0.05, 0) is 34.5 Å². The van der Waals surface area contributed by atoms with Crippen molar-refractivity contribution in [2.75, 3.05) is 5.73 Å². The van der Waals surface area contributed by atoms with Gasteiger partial charge in [-0.15, -0.1) is 0 Å². The van der Waals surface area contributed by atoms with Crippen molar-refractivity contribution in [3.05, 3.63) is 50.9 Å². The summed E-state index contributed by atoms with van der Waals surface area (Å²) in [7, 11) is 0. The zero-order valence-electron chi connectivity index (χ0n) is 10.1. The molecule has 5 nitrogen and oxygen atoms in total. The van der Waals surface area contributed by atoms with Crippen LogP contribution in [-0.2, 0) is 0 Å². The van der Waals surface area contributed by atoms with Crippen molar-refractivity contribution < 1.29 is 0 Å². The molecule has 3 rings (SSSR count). The van der Waals surface area contributed by atoms with Gasteiger partial charge in [0.15, 0.2) is 5.82 Å². The lowest BCUT2D eigenvalue weighted by Gasteiger charge is -2.10. The van der Waals surface area contributed by atoms with E-state index in [-0.39, 0.29) is 11.4 Å². The number of anilines is 1. The Morgan fingerprint density at radius 2 is 2.11 bits per heavy atom. The van der Waals surface area contributed by atoms with Crippen LogP contribution in [0.5, 0.6) is 0 Å². The van der Waals surface area contributed by atoms with E-state index in [0.717, 1.165) is 15.7 Å². The first-order chi connectivity index (χ1) is 9.09. The summed E-state index contributed by atoms with van der Waals surface area (Å²) < 4.78 is 2.32. The molecule has 0 amide bonds. The lowest BCUT2D eigenvalue weighted by atomic mass is 10.2. The van der Waals surface area contributed by atoms with Gasteiger partial charge in [0, 0.05) is 6.20 Å². The number of hydrogen-bond acceptors (Lipinski definition) is 3. The Labute approximate surface area is 117 Å². The number of aromatic amines is 1. The topological polar surface area (TPSA) is 76.7 Å². The minimum absolute atomic E-state index is 0.182. The predicted molar refractivity (Wildman–Crippen MR) is 78.5 cm³/mol. The maximum atomic E-state index is 12.5. The maximum Gasteiger partial charge on any atom is 0.268 e. The summed E-state index contributed by atoms with van der Waals surface area (Å²) in [5.41, 5.74) is 8.03. The quantitative estimate of drug-likeness (QED) is 0.723. The number of aryl methyl sites for hydroxylation is 1. The Balaban J connectivity index is 2.44. The van der Waals surface area contributed by atoms with Gasteiger partial charge in [-0.2, -0.15) is 5.10 Å². The number of benzene rings is 1. The average Bonchev–Trinajstić information content (AvgIpc) is 2.78. The van der Waals surface area contributed by atoms with Crippen LogP contribution >= 0.6 is 15.9 Å². The van der Waals surface area contributed by atoms with Crippen molar-refractivity contribution in [2.45, 2.75) is 6.92 Å². The van der Waals surface area contributed by atoms with Crippen molar-refractivity contribution in [1.29, 1.82) is 0 Å². The highest BCUT2D eigenvalue weighted by Crippen LogP contribution is 2.24. The van der Waals surface area contributed by atoms with E-state index in [0.29, 0.717) is 10.9 Å². The van der Waals surface area contributed by atoms with Crippen molar-refractivity contribution >= 4 is 32.7 Å². The summed E-state index contributed by atoms with van der Waals surface area (Å²) in [6.45, 7) is 1.96. The fraction of sp³-hybridized carbons (Fsp3) is 0.0769. The maximum absolute atomic E-state index is 12.5. The van der Waals surface area contributed by atoms with Crippen LogP contribution in [0.4, 0.5) is 5.82 Å². The molecule has 19 heavy (non-hydrogen) atoms. The van der Waals surface area contributed by atoms with Gasteiger partial charge >= 0.3 is 0 Å². The molecule has 0 aliphatic carbocycles. The van der Waals surface area contributed by atoms with Crippen LogP contribution in [0.2, 0.25) is 0 Å². The molecule has 0 saturated heterocycles. The number of hydrogen-bond donors (Lipinski definition) is 2. The third kappa shape index (κ3) is 1.76. The first-order valence-electron chi connectivity index (χ1n) is 5.70. The Bertz CT molecular complexity index is 834. The molecular formula is C13H11BrN4O. The van der Waals surface area contributed by atoms with Crippen LogP contribution in [0.25, 0.3) is 16.6 Å². The molecule has 3 N–H and O–H groups in total. The second-order valence-electron chi connectivity index (χ2n) is 4.30. The summed E-state index contributed by atoms with van der Waals surface area (Å²) in [5, 5.41) is 7.04. The van der Waals surface area contributed by atoms with Crippen LogP contribution in [-0.4, -0.2) is 14.8 Å². The molecule has 0 aliphatic heterocycles. The number of nitrogens with one attached hydrogen (secondary N) is 1. The number of aromatic nitrogens is 3. The molecule has 2 aromatic heterocycles. The number of nitrogens with zero attached hydrogens (tertiary/aromatic N) is 2. The predicted octanol–water partition coefficient (Wildman–Crippen LogP) is 2.37. The minimum atomic E-state index is -0.182. The molecule has 0 spiro atoms. The summed E-state index contributed by atoms with van der Waals surface area (Å²) in [6, 6.07) is 7.68. The van der Waals surface area contributed by atoms with E-state index < -0.39 is 0 Å². The Morgan fingerprint density at radius 1 is 1.37 bits per heavy atom. The molecule has 1 aromatic carbocycles. The smallest absolute Gasteiger partial charge is 0.268 e. The summed E-state index contributed by atoms with van der Waals surface area (Å²) in [5.74, 6) is 0.212. The van der Waals surface area contributed by atoms with Gasteiger partial charge in [0.05, 0.1) is 15.7 Å². The zero-order chi connectivity index (χ0) is 13.6. The van der Waals surface area contributed by atoms with Crippen molar-refractivity contribution in [3.63, 3.8) is 0 Å². The van der Waals surface area contributed by atoms with Gasteiger partial charge in [-0.25, -0.2) is 0 Å². The second kappa shape index (κ2) is 4.24. The normalized spacial score (nSPS) is 11.1. The summed E-state index contributed by atoms with van der Waals surface area (Å²) in [4.78, 5) is 12.5. The molecule has 0 radical (unpaired) electrons. The first kappa shape index (κ1) is 12.0. The fourth-order valence-electron chi connectivity index (χ4n) is 2.11. The third-order valence-corrected chi connectivity index (χ3v) is 3.68. The summed E-state index contributed by atoms with van der Waals surface area (Å²) in [6.07, 6.45) is 1.73. The first-order valence-corrected chi connectivity index (χ1v) is 6.49. The van der Waals surface area contributed by atoms with Crippen LogP contribution < -0.4 is 11.3 Å². The number of fused-ring (bicyclic) bond motifs is 1. The molecule has 0 fully saturated rings. The van der Waals surface area contributed by atoms with E-state index in [1.165, 1.54) is 0 Å². The molecule has 96 valence electrons. The van der Waals surface area contributed by atoms with Gasteiger partial charge in [0.25, 0.3) is 5.56 Å². The van der Waals surface area contributed by atoms with E-state index in [9.17, 15) is 4.79 Å². The monoisotopic (exact) mass is 318 g/mol. The number of nitrogens with two attached hydrogens (primary N) is 1. The number of pyridine rings is 1. The highest BCUT2D eigenvalue weighted by Gasteiger charge is 2.14. The zero-order valence-corrected chi connectivity index (χ0v) is 11.7. The van der Waals surface area contributed by atoms with Crippen molar-refractivity contribution in [1.82, 2.24) is 14.8 Å². The van der Waals surface area contributed by atoms with Crippen LogP contribution in [0, 0.1) is 6.92 Å². The number of rotatable bonds is 1. The number of para-hydroxylation sites is 1. The van der Waals surface area contributed by atoms with E-state index in [2.05, 4.69) is 26.1 Å². The molecule has 0 unspecified atom stereocenters. The molecule has 2 heterocycles. The molecule has 0 aliphatic rings. The van der Waals surface area contributed by atoms with Gasteiger partial charge < -0.3 is 5.73 Å². The highest BCUT2D eigenvalue weighted by molar-refractivity contribution is 9.10. The van der Waals surface area contributed by atoms with Crippen molar-refractivity contribution in [2.24, 2.45) is 0 Å². The fourth-order valence-corrected chi connectivity index (χ4v) is 2.61. The van der Waals surface area contributed by atoms with E-state index in [1.54, 1.807) is 10.8 Å². The summed E-state index contributed by atoms with van der Waals surface area (Å²) >= 11 is 3.43. The standard InChI is InChI=1S/C13H11BrN4O/c1-7-4-2-3-5-9(7)18-6-8(14)11-10(13(18)19)12(15)17-16-11/h2-6H,1H3,(H3,15,16,17). The van der Waals surface area contributed by atoms with Crippen LogP contribution in [0.3, 0.4) is 0 Å². The Kier molecular flexibility index (Phi) is 2.67. The number of H-pyrrole nitrogens is 1. The van der Waals surface area contributed by atoms with Gasteiger partial charge in [0.1, 0.15) is 5.39 Å². The van der Waals surface area contributed by atoms with Gasteiger partial charge in [-0.3, -0.25) is 14.5 Å². The van der Waals surface area contributed by atoms with Crippen LogP contribution in [0.1, 0.15) is 5.56 Å². The van der Waals surface area contributed by atoms with E-state index in [1.807, 2.05) is 31.2 Å². The molecule has 0 bridgehead atoms. The SMILES string of the molecule is Cc1ccccc1-n1cc(Br)c2[nH]nc(N)c2c1=O. The Hall–Kier alpha value is -2.08. The van der Waals surface area contributed by atoms with Gasteiger partial charge in [-0.1, -0.05) is 18.2 Å². The largest absolute Gasteiger partial charge is 0.382 e.